The maximum Gasteiger partial charge on any atom is 0.239 e. The van der Waals surface area contributed by atoms with Gasteiger partial charge in [0.25, 0.3) is 0 Å². The Morgan fingerprint density at radius 2 is 0.700 bits per heavy atom. The van der Waals surface area contributed by atoms with Gasteiger partial charge in [-0.2, -0.15) is 0 Å². The summed E-state index contributed by atoms with van der Waals surface area (Å²) in [6, 6.07) is 0. The van der Waals surface area contributed by atoms with Crippen molar-refractivity contribution in [1.82, 2.24) is 41.7 Å². The van der Waals surface area contributed by atoms with Crippen molar-refractivity contribution in [3.05, 3.63) is 0 Å². The third-order valence-electron chi connectivity index (χ3n) is 20.7. The molecule has 7 rings (SSSR count). The molecule has 0 aromatic heterocycles. The Balaban J connectivity index is 0.000000442. The molecule has 47 nitrogen and oxygen atoms in total. The highest BCUT2D eigenvalue weighted by atomic mass is 16.8. The van der Waals surface area contributed by atoms with E-state index in [0.717, 1.165) is 4.90 Å². The first kappa shape index (κ1) is 105. The average Bonchev–Trinajstić information content (AvgIpc) is 0.782. The minimum Gasteiger partial charge on any atom is -0.394 e. The first-order chi connectivity index (χ1) is 57.0. The fourth-order valence-electron chi connectivity index (χ4n) is 13.6. The van der Waals surface area contributed by atoms with Gasteiger partial charge in [-0.1, -0.05) is 13.8 Å². The summed E-state index contributed by atoms with van der Waals surface area (Å²) in [5.41, 5.74) is 0. The third-order valence-corrected chi connectivity index (χ3v) is 20.7. The standard InChI is InChI=1S/C40H70N4O25.C31H54N4O14.C2H6/c1-3-41-21(47)6-4-5-7-24(50)44(12-22(48)42-8-10-62-37-32(58)29(55)25(51)17(2)65-37)13-23(49)43-9-11-63-39-35(61)36(69-40-34(60)31(57)27(53)19(15-46)67-40)28(54)20(68-39)16-64-38-33(59)30(56)26(52)18(14-45)66-38;1-4-32-20(36)7-5-6-8-21(37)35-14-18(28(44)33-9-11-46-30-26(42)24(40)22(38)16(2)48-30)13-19(15-35)29(45)34-10-12-47-31-27(43)25(41)23(39)17(3)49-31;1-2/h17-20,25-40,45-46,51-61H,3-16H2,1-2H3,(H,41,47)(H,42,48)(H,43,49);16-19,22-27,30-31,38-43H,4-15H2,1-3H3,(H,32,36)(H,33,44)(H,34,45);1-2H3/t17-,18+,19+,20+,25+,26+,27+,28+,29+,30-,31-,32-,33-,34-,35-,36-,37+,38-,39-,40+;16-,17-,18-,19+,22+,23+,24+,25+,26-,27-,30+,31+;/m00./s1. The van der Waals surface area contributed by atoms with Crippen LogP contribution in [0.3, 0.4) is 0 Å². The van der Waals surface area contributed by atoms with E-state index in [4.69, 9.17) is 56.8 Å². The lowest BCUT2D eigenvalue weighted by Gasteiger charge is -2.46. The molecule has 7 fully saturated rings. The maximum atomic E-state index is 13.3. The number of likely N-dealkylation sites (tertiary alicyclic amines) is 1. The number of nitrogens with one attached hydrogen (secondary N) is 6. The van der Waals surface area contributed by atoms with Crippen LogP contribution in [0, 0.1) is 11.8 Å². The van der Waals surface area contributed by atoms with Crippen molar-refractivity contribution in [2.45, 2.75) is 290 Å². The number of hydrogen-bond acceptors (Lipinski definition) is 39. The van der Waals surface area contributed by atoms with Crippen LogP contribution in [-0.2, 0) is 95.2 Å². The van der Waals surface area contributed by atoms with Crippen LogP contribution >= 0.6 is 0 Å². The topological polar surface area (TPSA) is 710 Å². The Hall–Kier alpha value is -5.48. The molecule has 0 aromatic carbocycles. The van der Waals surface area contributed by atoms with Crippen LogP contribution in [0.15, 0.2) is 0 Å². The van der Waals surface area contributed by atoms with Crippen molar-refractivity contribution in [1.29, 1.82) is 0 Å². The summed E-state index contributed by atoms with van der Waals surface area (Å²) in [4.78, 5) is 105. The zero-order chi connectivity index (χ0) is 89.4. The van der Waals surface area contributed by atoms with Gasteiger partial charge < -0.3 is 196 Å². The molecule has 0 saturated carbocycles. The van der Waals surface area contributed by atoms with Gasteiger partial charge in [0.1, 0.15) is 141 Å². The fraction of sp³-hybridized carbons (Fsp3) is 0.890. The molecule has 0 aromatic rings. The lowest BCUT2D eigenvalue weighted by atomic mass is 9.87. The van der Waals surface area contributed by atoms with Gasteiger partial charge in [-0.15, -0.1) is 0 Å². The van der Waals surface area contributed by atoms with Gasteiger partial charge in [0.05, 0.1) is 76.4 Å². The van der Waals surface area contributed by atoms with Gasteiger partial charge in [0.15, 0.2) is 37.7 Å². The number of unbranched alkanes of at least 4 members (excludes halogenated alkanes) is 2. The normalized spacial score (nSPS) is 36.3. The van der Waals surface area contributed by atoms with Gasteiger partial charge in [0, 0.05) is 78.0 Å². The summed E-state index contributed by atoms with van der Waals surface area (Å²) in [6.07, 6.45) is -43.5. The zero-order valence-electron chi connectivity index (χ0n) is 68.4. The molecule has 7 aliphatic heterocycles. The van der Waals surface area contributed by atoms with Crippen LogP contribution in [0.1, 0.15) is 106 Å². The van der Waals surface area contributed by atoms with Crippen LogP contribution in [0.25, 0.3) is 0 Å². The predicted molar refractivity (Wildman–Crippen MR) is 402 cm³/mol. The summed E-state index contributed by atoms with van der Waals surface area (Å²) >= 11 is 0. The lowest BCUT2D eigenvalue weighted by Crippen LogP contribution is -2.65. The van der Waals surface area contributed by atoms with Gasteiger partial charge in [-0.3, -0.25) is 38.4 Å². The molecular formula is C73H130N8O39. The van der Waals surface area contributed by atoms with Gasteiger partial charge >= 0.3 is 0 Å². The first-order valence-corrected chi connectivity index (χ1v) is 40.6. The van der Waals surface area contributed by atoms with Crippen LogP contribution in [-0.4, -0.2) is 450 Å². The van der Waals surface area contributed by atoms with Crippen molar-refractivity contribution in [3.63, 3.8) is 0 Å². The molecular weight excluding hydrogens is 1610 g/mol. The quantitative estimate of drug-likeness (QED) is 0.0253. The van der Waals surface area contributed by atoms with E-state index in [0.29, 0.717) is 32.4 Å². The predicted octanol–water partition coefficient (Wildman–Crippen LogP) is -12.9. The molecule has 696 valence electrons. The zero-order valence-corrected chi connectivity index (χ0v) is 68.4. The molecule has 0 unspecified atom stereocenters. The second kappa shape index (κ2) is 53.1. The van der Waals surface area contributed by atoms with E-state index in [1.807, 2.05) is 20.8 Å². The number of aliphatic hydroxyl groups is 19. The Morgan fingerprint density at radius 3 is 1.09 bits per heavy atom. The molecule has 0 radical (unpaired) electrons. The summed E-state index contributed by atoms with van der Waals surface area (Å²) in [5.74, 6) is -5.01. The monoisotopic (exact) mass is 1740 g/mol. The van der Waals surface area contributed by atoms with E-state index in [1.165, 1.54) is 25.7 Å². The number of rotatable bonds is 41. The minimum atomic E-state index is -1.98. The second-order valence-electron chi connectivity index (χ2n) is 29.7. The lowest BCUT2D eigenvalue weighted by molar-refractivity contribution is -0.366. The summed E-state index contributed by atoms with van der Waals surface area (Å²) in [5, 5.41) is 209. The highest BCUT2D eigenvalue weighted by Gasteiger charge is 2.53. The summed E-state index contributed by atoms with van der Waals surface area (Å²) < 4.78 is 65.8. The Bertz CT molecular complexity index is 3000. The molecule has 120 heavy (non-hydrogen) atoms. The van der Waals surface area contributed by atoms with Crippen molar-refractivity contribution >= 4 is 47.3 Å². The van der Waals surface area contributed by atoms with Gasteiger partial charge in [-0.05, 0) is 66.7 Å². The number of nitrogens with zero attached hydrogens (tertiary/aromatic N) is 2. The van der Waals surface area contributed by atoms with E-state index in [-0.39, 0.29) is 115 Å². The molecule has 7 saturated heterocycles. The Kier molecular flexibility index (Phi) is 46.5. The Morgan fingerprint density at radius 1 is 0.367 bits per heavy atom. The molecule has 25 N–H and O–H groups in total. The molecule has 0 bridgehead atoms. The Labute approximate surface area is 693 Å². The van der Waals surface area contributed by atoms with Crippen LogP contribution in [0.2, 0.25) is 0 Å². The largest absolute Gasteiger partial charge is 0.394 e. The number of amides is 8. The molecule has 8 amide bonds. The molecule has 32 atom stereocenters. The number of carbonyl (C=O) groups is 8. The van der Waals surface area contributed by atoms with E-state index in [9.17, 15) is 135 Å². The third kappa shape index (κ3) is 31.3. The van der Waals surface area contributed by atoms with Crippen LogP contribution in [0.4, 0.5) is 0 Å². The molecule has 0 spiro atoms. The number of hydrogen-bond donors (Lipinski definition) is 25. The van der Waals surface area contributed by atoms with Crippen molar-refractivity contribution in [2.75, 3.05) is 112 Å². The SMILES string of the molecule is CC.CCNC(=O)CCCCC(=O)N(CC(=O)NCCO[C@@H]1O[C@@H](C)[C@@H](O)[C@@H](O)[C@@H]1O)CC(=O)NCCO[C@H]1O[C@H](CO[C@H]2O[C@H](CO)[C@@H](O)[C@H](O)[C@@H]2O)[C@@H](O)[C@H](O[C@H]2O[C@H](CO)[C@@H](O)[C@H](O)[C@@H]2O)[C@@H]1O.CCNC(=O)CCCCC(=O)N1C[C@H](C(=O)NCCO[C@@H]2O[C@@H](C)[C@@H](O)[C@@H](O)[C@@H]2O)C[C@H](C(=O)NCCO[C@@H]2O[C@@H](C)[C@@H](O)[C@@H](O)[C@@H]2O)C1. The summed E-state index contributed by atoms with van der Waals surface area (Å²) in [7, 11) is 0. The van der Waals surface area contributed by atoms with E-state index >= 15 is 0 Å². The smallest absolute Gasteiger partial charge is 0.239 e. The van der Waals surface area contributed by atoms with Gasteiger partial charge in [-0.25, -0.2) is 0 Å². The van der Waals surface area contributed by atoms with Crippen molar-refractivity contribution in [3.8, 4) is 0 Å². The molecule has 0 aliphatic carbocycles. The number of piperidine rings is 1. The second-order valence-corrected chi connectivity index (χ2v) is 29.7. The minimum absolute atomic E-state index is 0.00362. The molecule has 47 heteroatoms. The highest BCUT2D eigenvalue weighted by Crippen LogP contribution is 2.33. The number of carbonyl (C=O) groups excluding carboxylic acids is 8. The van der Waals surface area contributed by atoms with Gasteiger partial charge in [0.2, 0.25) is 47.3 Å². The van der Waals surface area contributed by atoms with Crippen molar-refractivity contribution < 1.29 is 192 Å². The van der Waals surface area contributed by atoms with E-state index < -0.39 is 265 Å². The highest BCUT2D eigenvalue weighted by molar-refractivity contribution is 5.89. The van der Waals surface area contributed by atoms with E-state index in [2.05, 4.69) is 31.9 Å². The van der Waals surface area contributed by atoms with Crippen LogP contribution in [0.5, 0.6) is 0 Å². The number of aliphatic hydroxyl groups excluding tert-OH is 19. The number of ether oxygens (including phenoxy) is 12. The summed E-state index contributed by atoms with van der Waals surface area (Å²) in [6.45, 7) is 8.23. The van der Waals surface area contributed by atoms with E-state index in [1.54, 1.807) is 6.92 Å². The fourth-order valence-corrected chi connectivity index (χ4v) is 13.6. The molecule has 7 aliphatic rings. The molecule has 7 heterocycles. The first-order valence-electron chi connectivity index (χ1n) is 40.6. The maximum absolute atomic E-state index is 13.3. The van der Waals surface area contributed by atoms with Crippen molar-refractivity contribution in [2.24, 2.45) is 11.8 Å². The van der Waals surface area contributed by atoms with Crippen LogP contribution < -0.4 is 31.9 Å². The average molecular weight is 1740 g/mol.